The number of hydrogen-bond acceptors (Lipinski definition) is 4. The minimum atomic E-state index is -0.640. The number of carbonyl (C=O) groups excluding carboxylic acids is 2. The number of nitrogens with one attached hydrogen (secondary N) is 2. The molecular weight excluding hydrogens is 364 g/mol. The molecule has 2 N–H and O–H groups in total. The number of carbonyl (C=O) groups is 2. The fourth-order valence-electron chi connectivity index (χ4n) is 3.69. The van der Waals surface area contributed by atoms with Crippen LogP contribution in [0.3, 0.4) is 0 Å². The maximum absolute atomic E-state index is 12.4. The van der Waals surface area contributed by atoms with E-state index in [-0.39, 0.29) is 6.04 Å². The molecule has 1 fully saturated rings. The van der Waals surface area contributed by atoms with Gasteiger partial charge in [0.05, 0.1) is 6.04 Å². The first-order valence-corrected chi connectivity index (χ1v) is 10.1. The Hall–Kier alpha value is -2.86. The van der Waals surface area contributed by atoms with Crippen LogP contribution < -0.4 is 15.5 Å². The van der Waals surface area contributed by atoms with Crippen LogP contribution >= 0.6 is 0 Å². The second-order valence-electron chi connectivity index (χ2n) is 7.78. The standard InChI is InChI=1S/C23H30N4O2/c1-17-7-6-8-19(15-17)25-23(29)22(28)24-16-21(27-13-4-5-14-27)18-9-11-20(12-10-18)26(2)3/h6-12,15,21H,4-5,13-14,16H2,1-3H3,(H,24,28)(H,25,29)/t21-/m0/s1. The maximum Gasteiger partial charge on any atom is 0.313 e. The molecule has 1 saturated heterocycles. The van der Waals surface area contributed by atoms with Gasteiger partial charge in [0.1, 0.15) is 0 Å². The van der Waals surface area contributed by atoms with E-state index in [1.165, 1.54) is 0 Å². The molecule has 3 rings (SSSR count). The minimum absolute atomic E-state index is 0.0597. The first-order chi connectivity index (χ1) is 13.9. The molecule has 1 aliphatic heterocycles. The van der Waals surface area contributed by atoms with Crippen molar-refractivity contribution in [1.29, 1.82) is 0 Å². The van der Waals surface area contributed by atoms with Gasteiger partial charge in [0.2, 0.25) is 0 Å². The number of nitrogens with zero attached hydrogens (tertiary/aromatic N) is 2. The summed E-state index contributed by atoms with van der Waals surface area (Å²) in [5, 5.41) is 5.49. The van der Waals surface area contributed by atoms with Gasteiger partial charge in [0.15, 0.2) is 0 Å². The van der Waals surface area contributed by atoms with Gasteiger partial charge in [-0.1, -0.05) is 24.3 Å². The van der Waals surface area contributed by atoms with Crippen LogP contribution in [-0.4, -0.2) is 50.4 Å². The molecule has 0 unspecified atom stereocenters. The Morgan fingerprint density at radius 2 is 1.72 bits per heavy atom. The van der Waals surface area contributed by atoms with E-state index in [4.69, 9.17) is 0 Å². The number of anilines is 2. The predicted molar refractivity (Wildman–Crippen MR) is 117 cm³/mol. The van der Waals surface area contributed by atoms with E-state index >= 15 is 0 Å². The lowest BCUT2D eigenvalue weighted by Gasteiger charge is -2.28. The van der Waals surface area contributed by atoms with Crippen LogP contribution in [0.5, 0.6) is 0 Å². The van der Waals surface area contributed by atoms with E-state index in [0.717, 1.165) is 42.7 Å². The first-order valence-electron chi connectivity index (χ1n) is 10.1. The average Bonchev–Trinajstić information content (AvgIpc) is 3.23. The zero-order valence-corrected chi connectivity index (χ0v) is 17.4. The SMILES string of the molecule is Cc1cccc(NC(=O)C(=O)NC[C@@H](c2ccc(N(C)C)cc2)N2CCCC2)c1. The van der Waals surface area contributed by atoms with Gasteiger partial charge < -0.3 is 15.5 Å². The highest BCUT2D eigenvalue weighted by Gasteiger charge is 2.25. The Labute approximate surface area is 172 Å². The van der Waals surface area contributed by atoms with E-state index in [1.54, 1.807) is 6.07 Å². The van der Waals surface area contributed by atoms with E-state index in [1.807, 2.05) is 39.2 Å². The molecule has 2 amide bonds. The maximum atomic E-state index is 12.4. The van der Waals surface area contributed by atoms with Gasteiger partial charge in [-0.15, -0.1) is 0 Å². The zero-order valence-electron chi connectivity index (χ0n) is 17.4. The van der Waals surface area contributed by atoms with Crippen molar-refractivity contribution in [3.05, 3.63) is 59.7 Å². The lowest BCUT2D eigenvalue weighted by molar-refractivity contribution is -0.136. The molecule has 6 nitrogen and oxygen atoms in total. The van der Waals surface area contributed by atoms with Crippen LogP contribution in [-0.2, 0) is 9.59 Å². The number of amides is 2. The number of likely N-dealkylation sites (tertiary alicyclic amines) is 1. The molecule has 29 heavy (non-hydrogen) atoms. The number of hydrogen-bond donors (Lipinski definition) is 2. The van der Waals surface area contributed by atoms with Crippen molar-refractivity contribution in [1.82, 2.24) is 10.2 Å². The molecular formula is C23H30N4O2. The van der Waals surface area contributed by atoms with Gasteiger partial charge in [-0.05, 0) is 68.2 Å². The Balaban J connectivity index is 1.64. The summed E-state index contributed by atoms with van der Waals surface area (Å²) in [5.41, 5.74) is 3.94. The van der Waals surface area contributed by atoms with Crippen LogP contribution in [0.2, 0.25) is 0 Å². The van der Waals surface area contributed by atoms with Gasteiger partial charge in [0.25, 0.3) is 0 Å². The Bertz CT molecular complexity index is 842. The van der Waals surface area contributed by atoms with E-state index in [2.05, 4.69) is 44.7 Å². The van der Waals surface area contributed by atoms with Crippen molar-refractivity contribution < 1.29 is 9.59 Å². The van der Waals surface area contributed by atoms with Crippen LogP contribution in [0, 0.1) is 6.92 Å². The third-order valence-electron chi connectivity index (χ3n) is 5.31. The highest BCUT2D eigenvalue weighted by atomic mass is 16.2. The van der Waals surface area contributed by atoms with Crippen molar-refractivity contribution in [2.24, 2.45) is 0 Å². The van der Waals surface area contributed by atoms with Crippen molar-refractivity contribution >= 4 is 23.2 Å². The third kappa shape index (κ3) is 5.57. The molecule has 1 aliphatic rings. The fraction of sp³-hybridized carbons (Fsp3) is 0.391. The Morgan fingerprint density at radius 3 is 2.34 bits per heavy atom. The molecule has 2 aromatic rings. The zero-order chi connectivity index (χ0) is 20.8. The first kappa shape index (κ1) is 20.9. The second kappa shape index (κ2) is 9.56. The number of aryl methyl sites for hydroxylation is 1. The van der Waals surface area contributed by atoms with Crippen molar-refractivity contribution in [3.63, 3.8) is 0 Å². The smallest absolute Gasteiger partial charge is 0.313 e. The van der Waals surface area contributed by atoms with Gasteiger partial charge in [-0.25, -0.2) is 0 Å². The van der Waals surface area contributed by atoms with E-state index < -0.39 is 11.8 Å². The summed E-state index contributed by atoms with van der Waals surface area (Å²) in [6.45, 7) is 4.36. The quantitative estimate of drug-likeness (QED) is 0.740. The highest BCUT2D eigenvalue weighted by Crippen LogP contribution is 2.26. The summed E-state index contributed by atoms with van der Waals surface area (Å²) in [7, 11) is 4.03. The summed E-state index contributed by atoms with van der Waals surface area (Å²) >= 11 is 0. The molecule has 0 radical (unpaired) electrons. The summed E-state index contributed by atoms with van der Waals surface area (Å²) < 4.78 is 0. The van der Waals surface area contributed by atoms with Crippen molar-refractivity contribution in [2.45, 2.75) is 25.8 Å². The molecule has 1 heterocycles. The van der Waals surface area contributed by atoms with Crippen LogP contribution in [0.4, 0.5) is 11.4 Å². The lowest BCUT2D eigenvalue weighted by Crippen LogP contribution is -2.41. The van der Waals surface area contributed by atoms with Crippen molar-refractivity contribution in [3.8, 4) is 0 Å². The summed E-state index contributed by atoms with van der Waals surface area (Å²) in [4.78, 5) is 29.1. The number of benzene rings is 2. The molecule has 0 bridgehead atoms. The molecule has 0 aromatic heterocycles. The topological polar surface area (TPSA) is 64.7 Å². The molecule has 2 aromatic carbocycles. The summed E-state index contributed by atoms with van der Waals surface area (Å²) in [6.07, 6.45) is 2.32. The van der Waals surface area contributed by atoms with Crippen LogP contribution in [0.25, 0.3) is 0 Å². The van der Waals surface area contributed by atoms with Crippen LogP contribution in [0.1, 0.15) is 30.0 Å². The summed E-state index contributed by atoms with van der Waals surface area (Å²) in [5.74, 6) is -1.25. The van der Waals surface area contributed by atoms with Gasteiger partial charge in [0, 0.05) is 32.0 Å². The molecule has 0 spiro atoms. The molecule has 154 valence electrons. The van der Waals surface area contributed by atoms with E-state index in [9.17, 15) is 9.59 Å². The fourth-order valence-corrected chi connectivity index (χ4v) is 3.69. The highest BCUT2D eigenvalue weighted by molar-refractivity contribution is 6.39. The van der Waals surface area contributed by atoms with E-state index in [0.29, 0.717) is 12.2 Å². The molecule has 0 saturated carbocycles. The molecule has 6 heteroatoms. The summed E-state index contributed by atoms with van der Waals surface area (Å²) in [6, 6.07) is 15.9. The second-order valence-corrected chi connectivity index (χ2v) is 7.78. The predicted octanol–water partition coefficient (Wildman–Crippen LogP) is 2.95. The van der Waals surface area contributed by atoms with Gasteiger partial charge >= 0.3 is 11.8 Å². The average molecular weight is 395 g/mol. The lowest BCUT2D eigenvalue weighted by atomic mass is 10.0. The Morgan fingerprint density at radius 1 is 1.03 bits per heavy atom. The van der Waals surface area contributed by atoms with Crippen LogP contribution in [0.15, 0.2) is 48.5 Å². The number of rotatable bonds is 6. The Kier molecular flexibility index (Phi) is 6.88. The minimum Gasteiger partial charge on any atom is -0.378 e. The normalized spacial score (nSPS) is 15.0. The molecule has 0 aliphatic carbocycles. The van der Waals surface area contributed by atoms with Gasteiger partial charge in [-0.3, -0.25) is 14.5 Å². The third-order valence-corrected chi connectivity index (χ3v) is 5.31. The molecule has 1 atom stereocenters. The van der Waals surface area contributed by atoms with Crippen molar-refractivity contribution in [2.75, 3.05) is 43.9 Å². The largest absolute Gasteiger partial charge is 0.378 e. The monoisotopic (exact) mass is 394 g/mol. The van der Waals surface area contributed by atoms with Gasteiger partial charge in [-0.2, -0.15) is 0 Å².